The molecule has 3 rings (SSSR count). The van der Waals surface area contributed by atoms with Gasteiger partial charge < -0.3 is 15.4 Å². The third-order valence-electron chi connectivity index (χ3n) is 3.54. The van der Waals surface area contributed by atoms with E-state index in [1.54, 1.807) is 17.5 Å². The number of nitrogens with one attached hydrogen (secondary N) is 3. The summed E-state index contributed by atoms with van der Waals surface area (Å²) in [5, 5.41) is 14.2. The number of thiocarbonyl (C=S) groups is 1. The van der Waals surface area contributed by atoms with Crippen LogP contribution in [0.1, 0.15) is 32.9 Å². The summed E-state index contributed by atoms with van der Waals surface area (Å²) in [6.07, 6.45) is 4.72. The Morgan fingerprint density at radius 3 is 3.14 bits per heavy atom. The fourth-order valence-corrected chi connectivity index (χ4v) is 4.04. The van der Waals surface area contributed by atoms with Gasteiger partial charge >= 0.3 is 5.97 Å². The Morgan fingerprint density at radius 1 is 1.55 bits per heavy atom. The molecule has 8 heteroatoms. The van der Waals surface area contributed by atoms with E-state index in [1.165, 1.54) is 12.0 Å². The molecular formula is C14H16N4O2S2. The molecule has 1 aliphatic rings. The number of carbonyl (C=O) groups is 1. The van der Waals surface area contributed by atoms with E-state index < -0.39 is 0 Å². The molecule has 0 saturated heterocycles. The minimum Gasteiger partial charge on any atom is -0.465 e. The van der Waals surface area contributed by atoms with E-state index in [4.69, 9.17) is 17.0 Å². The molecule has 2 aromatic heterocycles. The highest BCUT2D eigenvalue weighted by atomic mass is 32.1. The molecule has 0 fully saturated rings. The van der Waals surface area contributed by atoms with Crippen LogP contribution in [0.25, 0.3) is 0 Å². The van der Waals surface area contributed by atoms with Crippen molar-refractivity contribution in [3.8, 4) is 0 Å². The monoisotopic (exact) mass is 336 g/mol. The summed E-state index contributed by atoms with van der Waals surface area (Å²) in [5.74, 6) is -0.307. The number of aromatic amines is 1. The van der Waals surface area contributed by atoms with Crippen LogP contribution >= 0.6 is 23.6 Å². The topological polar surface area (TPSA) is 79.0 Å². The first-order chi connectivity index (χ1) is 10.7. The van der Waals surface area contributed by atoms with Crippen LogP contribution in [-0.4, -0.2) is 28.4 Å². The highest BCUT2D eigenvalue weighted by Crippen LogP contribution is 2.39. The van der Waals surface area contributed by atoms with Gasteiger partial charge in [0.15, 0.2) is 5.11 Å². The third kappa shape index (κ3) is 2.97. The number of rotatable bonds is 4. The van der Waals surface area contributed by atoms with E-state index in [0.717, 1.165) is 35.5 Å². The van der Waals surface area contributed by atoms with Crippen molar-refractivity contribution in [3.05, 3.63) is 34.0 Å². The predicted octanol–water partition coefficient (Wildman–Crippen LogP) is 2.23. The number of nitrogens with zero attached hydrogens (tertiary/aromatic N) is 1. The number of H-pyrrole nitrogens is 1. The van der Waals surface area contributed by atoms with Crippen molar-refractivity contribution in [2.45, 2.75) is 25.8 Å². The second-order valence-corrected chi connectivity index (χ2v) is 6.46. The Kier molecular flexibility index (Phi) is 4.39. The minimum absolute atomic E-state index is 0.307. The minimum atomic E-state index is -0.307. The highest BCUT2D eigenvalue weighted by Gasteiger charge is 2.27. The van der Waals surface area contributed by atoms with Crippen LogP contribution in [0.15, 0.2) is 12.3 Å². The van der Waals surface area contributed by atoms with Gasteiger partial charge in [-0.1, -0.05) is 0 Å². The number of thiophene rings is 1. The number of ether oxygens (including phenoxy) is 1. The molecule has 6 nitrogen and oxygen atoms in total. The van der Waals surface area contributed by atoms with Crippen molar-refractivity contribution < 1.29 is 9.53 Å². The van der Waals surface area contributed by atoms with Crippen molar-refractivity contribution >= 4 is 39.6 Å². The molecule has 0 spiro atoms. The Hall–Kier alpha value is -1.93. The molecule has 0 aromatic carbocycles. The Balaban J connectivity index is 1.72. The van der Waals surface area contributed by atoms with Crippen molar-refractivity contribution in [2.24, 2.45) is 0 Å². The summed E-state index contributed by atoms with van der Waals surface area (Å²) in [6, 6.07) is 1.87. The van der Waals surface area contributed by atoms with Gasteiger partial charge in [0.25, 0.3) is 0 Å². The smallest absolute Gasteiger partial charge is 0.341 e. The molecule has 0 atom stereocenters. The number of hydrogen-bond acceptors (Lipinski definition) is 5. The van der Waals surface area contributed by atoms with Crippen LogP contribution < -0.4 is 10.6 Å². The first kappa shape index (κ1) is 15.0. The Bertz CT molecular complexity index is 694. The molecule has 0 unspecified atom stereocenters. The molecule has 3 N–H and O–H groups in total. The maximum Gasteiger partial charge on any atom is 0.341 e. The first-order valence-electron chi connectivity index (χ1n) is 6.95. The van der Waals surface area contributed by atoms with Gasteiger partial charge in [-0.05, 0) is 43.1 Å². The van der Waals surface area contributed by atoms with E-state index in [0.29, 0.717) is 17.2 Å². The average Bonchev–Trinajstić information content (AvgIpc) is 3.21. The lowest BCUT2D eigenvalue weighted by Crippen LogP contribution is -2.28. The van der Waals surface area contributed by atoms with Gasteiger partial charge in [-0.3, -0.25) is 5.10 Å². The fraction of sp³-hybridized carbons (Fsp3) is 0.357. The number of fused-ring (bicyclic) bond motifs is 1. The van der Waals surface area contributed by atoms with E-state index in [9.17, 15) is 4.79 Å². The molecule has 0 amide bonds. The normalized spacial score (nSPS) is 12.8. The number of esters is 1. The Morgan fingerprint density at radius 2 is 2.41 bits per heavy atom. The molecule has 116 valence electrons. The van der Waals surface area contributed by atoms with Crippen molar-refractivity contribution in [1.82, 2.24) is 15.5 Å². The van der Waals surface area contributed by atoms with Gasteiger partial charge in [0, 0.05) is 11.1 Å². The quantitative estimate of drug-likeness (QED) is 0.587. The van der Waals surface area contributed by atoms with Crippen LogP contribution in [0.3, 0.4) is 0 Å². The summed E-state index contributed by atoms with van der Waals surface area (Å²) in [6.45, 7) is 0.546. The van der Waals surface area contributed by atoms with Gasteiger partial charge in [-0.2, -0.15) is 5.10 Å². The second-order valence-electron chi connectivity index (χ2n) is 4.94. The molecule has 0 aliphatic heterocycles. The predicted molar refractivity (Wildman–Crippen MR) is 89.3 cm³/mol. The number of carbonyl (C=O) groups excluding carboxylic acids is 1. The maximum atomic E-state index is 12.0. The highest BCUT2D eigenvalue weighted by molar-refractivity contribution is 7.80. The van der Waals surface area contributed by atoms with Crippen LogP contribution in [0.5, 0.6) is 0 Å². The fourth-order valence-electron chi connectivity index (χ4n) is 2.52. The number of aromatic nitrogens is 2. The number of aryl methyl sites for hydroxylation is 1. The number of methoxy groups -OCH3 is 1. The standard InChI is InChI=1S/C14H16N4O2S2/c1-20-13(19)11-9-3-2-4-10(9)22-12(11)17-14(21)15-7-8-5-6-16-18-8/h5-6H,2-4,7H2,1H3,(H,16,18)(H2,15,17,21). The molecule has 2 heterocycles. The molecule has 22 heavy (non-hydrogen) atoms. The summed E-state index contributed by atoms with van der Waals surface area (Å²) >= 11 is 6.88. The van der Waals surface area contributed by atoms with Gasteiger partial charge in [-0.25, -0.2) is 4.79 Å². The molecule has 2 aromatic rings. The zero-order valence-electron chi connectivity index (χ0n) is 12.1. The van der Waals surface area contributed by atoms with Crippen LogP contribution in [0.4, 0.5) is 5.00 Å². The maximum absolute atomic E-state index is 12.0. The number of anilines is 1. The lowest BCUT2D eigenvalue weighted by Gasteiger charge is -2.10. The zero-order valence-corrected chi connectivity index (χ0v) is 13.7. The van der Waals surface area contributed by atoms with Gasteiger partial charge in [-0.15, -0.1) is 11.3 Å². The zero-order chi connectivity index (χ0) is 15.5. The van der Waals surface area contributed by atoms with Gasteiger partial charge in [0.1, 0.15) is 5.00 Å². The average molecular weight is 336 g/mol. The van der Waals surface area contributed by atoms with Crippen LogP contribution in [0, 0.1) is 0 Å². The molecule has 0 bridgehead atoms. The SMILES string of the molecule is COC(=O)c1c(NC(=S)NCc2ccn[nH]2)sc2c1CCC2. The van der Waals surface area contributed by atoms with Crippen LogP contribution in [0.2, 0.25) is 0 Å². The summed E-state index contributed by atoms with van der Waals surface area (Å²) in [7, 11) is 1.40. The molecule has 0 radical (unpaired) electrons. The Labute approximate surface area is 137 Å². The van der Waals surface area contributed by atoms with E-state index >= 15 is 0 Å². The van der Waals surface area contributed by atoms with Gasteiger partial charge in [0.2, 0.25) is 0 Å². The van der Waals surface area contributed by atoms with Crippen molar-refractivity contribution in [1.29, 1.82) is 0 Å². The second kappa shape index (κ2) is 6.45. The summed E-state index contributed by atoms with van der Waals surface area (Å²) < 4.78 is 4.91. The summed E-state index contributed by atoms with van der Waals surface area (Å²) in [5.41, 5.74) is 2.67. The van der Waals surface area contributed by atoms with Crippen molar-refractivity contribution in [3.63, 3.8) is 0 Å². The van der Waals surface area contributed by atoms with Crippen molar-refractivity contribution in [2.75, 3.05) is 12.4 Å². The van der Waals surface area contributed by atoms with E-state index in [-0.39, 0.29) is 5.97 Å². The van der Waals surface area contributed by atoms with E-state index in [1.807, 2.05) is 6.07 Å². The largest absolute Gasteiger partial charge is 0.465 e. The first-order valence-corrected chi connectivity index (χ1v) is 8.17. The van der Waals surface area contributed by atoms with Crippen LogP contribution in [-0.2, 0) is 24.1 Å². The number of hydrogen-bond donors (Lipinski definition) is 3. The molecule has 1 aliphatic carbocycles. The molecule has 0 saturated carbocycles. The lowest BCUT2D eigenvalue weighted by atomic mass is 10.1. The van der Waals surface area contributed by atoms with Gasteiger partial charge in [0.05, 0.1) is 24.9 Å². The lowest BCUT2D eigenvalue weighted by molar-refractivity contribution is 0.0601. The summed E-state index contributed by atoms with van der Waals surface area (Å²) in [4.78, 5) is 13.3. The molecular weight excluding hydrogens is 320 g/mol. The third-order valence-corrected chi connectivity index (χ3v) is 4.99. The van der Waals surface area contributed by atoms with E-state index in [2.05, 4.69) is 20.8 Å².